The van der Waals surface area contributed by atoms with E-state index in [-0.39, 0.29) is 11.3 Å². The first-order valence-corrected chi connectivity index (χ1v) is 6.36. The van der Waals surface area contributed by atoms with Crippen LogP contribution in [0.25, 0.3) is 0 Å². The van der Waals surface area contributed by atoms with E-state index >= 15 is 0 Å². The molecule has 0 saturated heterocycles. The summed E-state index contributed by atoms with van der Waals surface area (Å²) in [6.07, 6.45) is 1.04. The van der Waals surface area contributed by atoms with Crippen molar-refractivity contribution in [2.24, 2.45) is 4.40 Å². The average molecular weight is 275 g/mol. The van der Waals surface area contributed by atoms with Gasteiger partial charge in [0, 0.05) is 0 Å². The molecule has 0 aromatic heterocycles. The normalized spacial score (nSPS) is 13.9. The zero-order chi connectivity index (χ0) is 13.9. The van der Waals surface area contributed by atoms with Gasteiger partial charge in [0.15, 0.2) is 11.6 Å². The lowest BCUT2D eigenvalue weighted by molar-refractivity contribution is 0.405. The maximum absolute atomic E-state index is 13.6. The fraction of sp³-hybridized carbons (Fsp3) is 0.417. The molecule has 3 nitrogen and oxygen atoms in total. The van der Waals surface area contributed by atoms with Crippen molar-refractivity contribution >= 4 is 17.6 Å². The molecule has 0 amide bonds. The number of hydrogen-bond donors (Lipinski definition) is 0. The van der Waals surface area contributed by atoms with Gasteiger partial charge in [0.2, 0.25) is 0 Å². The number of hydrogen-bond acceptors (Lipinski definition) is 3. The van der Waals surface area contributed by atoms with E-state index in [9.17, 15) is 13.3 Å². The van der Waals surface area contributed by atoms with Gasteiger partial charge < -0.3 is 9.29 Å². The molecule has 0 aliphatic heterocycles. The highest BCUT2D eigenvalue weighted by Gasteiger charge is 2.26. The van der Waals surface area contributed by atoms with Gasteiger partial charge in [-0.05, 0) is 32.9 Å². The van der Waals surface area contributed by atoms with Crippen molar-refractivity contribution in [3.05, 3.63) is 29.3 Å². The number of benzene rings is 1. The van der Waals surface area contributed by atoms with Crippen LogP contribution in [0.2, 0.25) is 0 Å². The van der Waals surface area contributed by atoms with Gasteiger partial charge in [0.05, 0.1) is 18.9 Å². The molecule has 6 heteroatoms. The molecule has 0 spiro atoms. The van der Waals surface area contributed by atoms with Crippen LogP contribution in [0.5, 0.6) is 5.75 Å². The Balaban J connectivity index is 3.11. The molecule has 0 fully saturated rings. The molecule has 0 N–H and O–H groups in total. The lowest BCUT2D eigenvalue weighted by Gasteiger charge is -2.17. The van der Waals surface area contributed by atoms with Crippen LogP contribution in [-0.4, -0.2) is 22.6 Å². The van der Waals surface area contributed by atoms with Crippen LogP contribution in [0, 0.1) is 11.6 Å². The molecule has 1 aromatic carbocycles. The molecule has 100 valence electrons. The Hall–Kier alpha value is -1.14. The van der Waals surface area contributed by atoms with Gasteiger partial charge in [-0.25, -0.2) is 8.78 Å². The van der Waals surface area contributed by atoms with Gasteiger partial charge >= 0.3 is 0 Å². The molecular formula is C12H15F2NO2S. The lowest BCUT2D eigenvalue weighted by Crippen LogP contribution is -2.25. The standard InChI is InChI=1S/C12H15F2NO2S/c1-12(2,3)18(16)15-7-8-10(17-4)6-5-9(13)11(8)14/h5-7H,1-4H3/t18-/m0/s1. The second-order valence-corrected chi connectivity index (χ2v) is 6.51. The Labute approximate surface area is 108 Å². The van der Waals surface area contributed by atoms with Crippen molar-refractivity contribution < 1.29 is 18.1 Å². The average Bonchev–Trinajstić information content (AvgIpc) is 2.29. The van der Waals surface area contributed by atoms with Gasteiger partial charge in [-0.15, -0.1) is 0 Å². The molecule has 0 heterocycles. The first kappa shape index (κ1) is 14.9. The van der Waals surface area contributed by atoms with E-state index in [0.29, 0.717) is 0 Å². The molecule has 0 saturated carbocycles. The Morgan fingerprint density at radius 3 is 2.44 bits per heavy atom. The van der Waals surface area contributed by atoms with Crippen molar-refractivity contribution in [3.63, 3.8) is 0 Å². The van der Waals surface area contributed by atoms with Gasteiger partial charge in [0.25, 0.3) is 0 Å². The highest BCUT2D eigenvalue weighted by atomic mass is 32.2. The Morgan fingerprint density at radius 1 is 1.33 bits per heavy atom. The summed E-state index contributed by atoms with van der Waals surface area (Å²) < 4.78 is 46.4. The van der Waals surface area contributed by atoms with Crippen LogP contribution in [0.1, 0.15) is 26.3 Å². The molecule has 1 rings (SSSR count). The minimum atomic E-state index is -1.54. The number of rotatable bonds is 3. The summed E-state index contributed by atoms with van der Waals surface area (Å²) in [5.41, 5.74) is -0.143. The minimum absolute atomic E-state index is 0.142. The van der Waals surface area contributed by atoms with Gasteiger partial charge in [-0.3, -0.25) is 0 Å². The minimum Gasteiger partial charge on any atom is -0.591 e. The van der Waals surface area contributed by atoms with E-state index in [1.807, 2.05) is 0 Å². The third-order valence-electron chi connectivity index (χ3n) is 2.11. The monoisotopic (exact) mass is 275 g/mol. The van der Waals surface area contributed by atoms with E-state index in [0.717, 1.165) is 12.3 Å². The number of nitrogens with zero attached hydrogens (tertiary/aromatic N) is 1. The van der Waals surface area contributed by atoms with Crippen LogP contribution in [0.15, 0.2) is 16.5 Å². The number of halogens is 2. The predicted octanol–water partition coefficient (Wildman–Crippen LogP) is 2.85. The third-order valence-corrected chi connectivity index (χ3v) is 3.46. The SMILES string of the molecule is COc1ccc(F)c(F)c1C=N[S@@+]([O-])C(C)(C)C. The molecule has 1 atom stereocenters. The Kier molecular flexibility index (Phi) is 4.70. The Bertz CT molecular complexity index is 458. The van der Waals surface area contributed by atoms with Gasteiger partial charge in [0.1, 0.15) is 21.9 Å². The highest BCUT2D eigenvalue weighted by molar-refractivity contribution is 7.91. The highest BCUT2D eigenvalue weighted by Crippen LogP contribution is 2.23. The van der Waals surface area contributed by atoms with Gasteiger partial charge in [-0.1, -0.05) is 4.40 Å². The molecular weight excluding hydrogens is 260 g/mol. The van der Waals surface area contributed by atoms with Gasteiger partial charge in [-0.2, -0.15) is 0 Å². The van der Waals surface area contributed by atoms with E-state index in [1.165, 1.54) is 13.2 Å². The van der Waals surface area contributed by atoms with Crippen LogP contribution in [0.3, 0.4) is 0 Å². The maximum Gasteiger partial charge on any atom is 0.171 e. The molecule has 0 unspecified atom stereocenters. The molecule has 1 aromatic rings. The number of ether oxygens (including phenoxy) is 1. The summed E-state index contributed by atoms with van der Waals surface area (Å²) in [6.45, 7) is 5.21. The summed E-state index contributed by atoms with van der Waals surface area (Å²) in [6, 6.07) is 2.26. The molecule has 0 bridgehead atoms. The zero-order valence-corrected chi connectivity index (χ0v) is 11.5. The van der Waals surface area contributed by atoms with E-state index in [2.05, 4.69) is 4.40 Å². The summed E-state index contributed by atoms with van der Waals surface area (Å²) in [7, 11) is 1.34. The predicted molar refractivity (Wildman–Crippen MR) is 68.4 cm³/mol. The maximum atomic E-state index is 13.6. The second-order valence-electron chi connectivity index (χ2n) is 4.57. The van der Waals surface area contributed by atoms with Crippen LogP contribution < -0.4 is 4.74 Å². The zero-order valence-electron chi connectivity index (χ0n) is 10.7. The first-order chi connectivity index (χ1) is 8.27. The third kappa shape index (κ3) is 3.43. The van der Waals surface area contributed by atoms with Crippen LogP contribution in [0.4, 0.5) is 8.78 Å². The van der Waals surface area contributed by atoms with Crippen molar-refractivity contribution in [1.82, 2.24) is 0 Å². The summed E-state index contributed by atoms with van der Waals surface area (Å²) in [5.74, 6) is -1.92. The lowest BCUT2D eigenvalue weighted by atomic mass is 10.2. The second kappa shape index (κ2) is 5.67. The van der Waals surface area contributed by atoms with E-state index < -0.39 is 27.7 Å². The quantitative estimate of drug-likeness (QED) is 0.629. The smallest absolute Gasteiger partial charge is 0.171 e. The summed E-state index contributed by atoms with van der Waals surface area (Å²) >= 11 is -1.54. The van der Waals surface area contributed by atoms with Crippen LogP contribution in [-0.2, 0) is 11.4 Å². The number of methoxy groups -OCH3 is 1. The topological polar surface area (TPSA) is 44.6 Å². The molecule has 0 radical (unpaired) electrons. The van der Waals surface area contributed by atoms with Crippen LogP contribution >= 0.6 is 0 Å². The fourth-order valence-corrected chi connectivity index (χ4v) is 1.62. The Morgan fingerprint density at radius 2 is 1.94 bits per heavy atom. The fourth-order valence-electron chi connectivity index (χ4n) is 1.11. The molecule has 0 aliphatic rings. The molecule has 0 aliphatic carbocycles. The van der Waals surface area contributed by atoms with E-state index in [1.54, 1.807) is 20.8 Å². The largest absolute Gasteiger partial charge is 0.591 e. The summed E-state index contributed by atoms with van der Waals surface area (Å²) in [4.78, 5) is 0. The van der Waals surface area contributed by atoms with E-state index in [4.69, 9.17) is 4.74 Å². The van der Waals surface area contributed by atoms with Crippen molar-refractivity contribution in [2.45, 2.75) is 25.5 Å². The van der Waals surface area contributed by atoms with Crippen molar-refractivity contribution in [3.8, 4) is 5.75 Å². The summed E-state index contributed by atoms with van der Waals surface area (Å²) in [5, 5.41) is 0. The van der Waals surface area contributed by atoms with Crippen molar-refractivity contribution in [2.75, 3.05) is 7.11 Å². The first-order valence-electron chi connectivity index (χ1n) is 5.25. The molecule has 18 heavy (non-hydrogen) atoms. The van der Waals surface area contributed by atoms with Crippen molar-refractivity contribution in [1.29, 1.82) is 0 Å².